The molecule has 0 bridgehead atoms. The van der Waals surface area contributed by atoms with Crippen molar-refractivity contribution in [3.8, 4) is 0 Å². The lowest BCUT2D eigenvalue weighted by molar-refractivity contribution is -0.143. The fourth-order valence-corrected chi connectivity index (χ4v) is 2.12. The van der Waals surface area contributed by atoms with E-state index in [1.807, 2.05) is 6.92 Å². The molecule has 0 N–H and O–H groups in total. The third kappa shape index (κ3) is 27.8. The molecule has 0 rings (SSSR count). The summed E-state index contributed by atoms with van der Waals surface area (Å²) in [5.74, 6) is -0.0522. The van der Waals surface area contributed by atoms with Gasteiger partial charge in [0.25, 0.3) is 0 Å². The molecule has 2 heteroatoms. The molecule has 150 valence electrons. The third-order valence-electron chi connectivity index (χ3n) is 3.34. The van der Waals surface area contributed by atoms with Crippen molar-refractivity contribution in [3.05, 3.63) is 36.5 Å². The summed E-state index contributed by atoms with van der Waals surface area (Å²) in [6.07, 6.45) is 24.2. The molecule has 0 amide bonds. The lowest BCUT2D eigenvalue weighted by atomic mass is 10.1. The van der Waals surface area contributed by atoms with Crippen molar-refractivity contribution >= 4 is 5.97 Å². The highest BCUT2D eigenvalue weighted by atomic mass is 16.5. The van der Waals surface area contributed by atoms with Crippen molar-refractivity contribution in [2.75, 3.05) is 6.61 Å². The van der Waals surface area contributed by atoms with Gasteiger partial charge in [0.15, 0.2) is 0 Å². The van der Waals surface area contributed by atoms with Crippen LogP contribution < -0.4 is 0 Å². The zero-order valence-electron chi connectivity index (χ0n) is 14.6. The Hall–Kier alpha value is -1.31. The first kappa shape index (κ1) is 31.5. The maximum absolute atomic E-state index is 11.1. The normalized spacial score (nSPS) is 10.5. The molecule has 0 unspecified atom stereocenters. The molecule has 0 aliphatic carbocycles. The van der Waals surface area contributed by atoms with Crippen LogP contribution in [0.2, 0.25) is 0 Å². The zero-order valence-corrected chi connectivity index (χ0v) is 14.6. The van der Waals surface area contributed by atoms with E-state index >= 15 is 0 Å². The standard InChI is InChI=1S/C20H34O2.3CH4/c1-3-5-6-7-8-9-10-11-12-13-14-15-16-17-18-19-20(21)22-4-2;;;/h5-6,8-9,11-12H,3-4,7,10,13-19H2,1-2H3;3*1H4/b6-5-,9-8-,12-11+;;;. The molecule has 0 radical (unpaired) electrons. The number of hydrogen-bond donors (Lipinski definition) is 0. The Bertz CT molecular complexity index is 327. The lowest BCUT2D eigenvalue weighted by Crippen LogP contribution is -2.03. The van der Waals surface area contributed by atoms with E-state index in [1.165, 1.54) is 25.7 Å². The highest BCUT2D eigenvalue weighted by molar-refractivity contribution is 5.69. The molecule has 0 saturated heterocycles. The van der Waals surface area contributed by atoms with Crippen LogP contribution in [0.4, 0.5) is 0 Å². The second-order valence-electron chi connectivity index (χ2n) is 5.41. The van der Waals surface area contributed by atoms with E-state index in [0.29, 0.717) is 13.0 Å². The second kappa shape index (κ2) is 27.5. The van der Waals surface area contributed by atoms with Gasteiger partial charge < -0.3 is 4.74 Å². The van der Waals surface area contributed by atoms with Gasteiger partial charge in [-0.1, -0.05) is 84.9 Å². The monoisotopic (exact) mass is 354 g/mol. The van der Waals surface area contributed by atoms with E-state index in [-0.39, 0.29) is 28.2 Å². The van der Waals surface area contributed by atoms with E-state index < -0.39 is 0 Å². The number of unbranched alkanes of at least 4 members (excludes halogenated alkanes) is 5. The molecule has 0 aromatic carbocycles. The van der Waals surface area contributed by atoms with Crippen LogP contribution >= 0.6 is 0 Å². The molecule has 0 saturated carbocycles. The summed E-state index contributed by atoms with van der Waals surface area (Å²) >= 11 is 0. The van der Waals surface area contributed by atoms with E-state index in [1.54, 1.807) is 0 Å². The molecular weight excluding hydrogens is 308 g/mol. The molecule has 0 aromatic rings. The van der Waals surface area contributed by atoms with Gasteiger partial charge in [-0.2, -0.15) is 0 Å². The number of esters is 1. The van der Waals surface area contributed by atoms with E-state index in [0.717, 1.165) is 32.1 Å². The van der Waals surface area contributed by atoms with E-state index in [2.05, 4.69) is 43.4 Å². The Labute approximate surface area is 159 Å². The van der Waals surface area contributed by atoms with Crippen LogP contribution in [-0.2, 0) is 9.53 Å². The van der Waals surface area contributed by atoms with Crippen LogP contribution in [0.25, 0.3) is 0 Å². The number of ether oxygens (including phenoxy) is 1. The van der Waals surface area contributed by atoms with Crippen LogP contribution in [0.3, 0.4) is 0 Å². The van der Waals surface area contributed by atoms with Crippen LogP contribution in [0, 0.1) is 0 Å². The Balaban J connectivity index is -0.000000735. The third-order valence-corrected chi connectivity index (χ3v) is 3.34. The highest BCUT2D eigenvalue weighted by Crippen LogP contribution is 2.08. The van der Waals surface area contributed by atoms with Crippen LogP contribution in [-0.4, -0.2) is 12.6 Å². The predicted octanol–water partition coefficient (Wildman–Crippen LogP) is 8.05. The van der Waals surface area contributed by atoms with Gasteiger partial charge in [0.05, 0.1) is 6.61 Å². The lowest BCUT2D eigenvalue weighted by Gasteiger charge is -2.01. The summed E-state index contributed by atoms with van der Waals surface area (Å²) in [5, 5.41) is 0. The number of carbonyl (C=O) groups is 1. The number of carbonyl (C=O) groups excluding carboxylic acids is 1. The van der Waals surface area contributed by atoms with Crippen LogP contribution in [0.5, 0.6) is 0 Å². The van der Waals surface area contributed by atoms with Gasteiger partial charge >= 0.3 is 5.97 Å². The Morgan fingerprint density at radius 3 is 1.84 bits per heavy atom. The van der Waals surface area contributed by atoms with Crippen molar-refractivity contribution < 1.29 is 9.53 Å². The first-order valence-electron chi connectivity index (χ1n) is 8.91. The van der Waals surface area contributed by atoms with Gasteiger partial charge in [0.1, 0.15) is 0 Å². The smallest absolute Gasteiger partial charge is 0.305 e. The summed E-state index contributed by atoms with van der Waals surface area (Å²) in [6.45, 7) is 4.50. The maximum Gasteiger partial charge on any atom is 0.305 e. The maximum atomic E-state index is 11.1. The molecule has 2 nitrogen and oxygen atoms in total. The van der Waals surface area contributed by atoms with Gasteiger partial charge in [-0.3, -0.25) is 4.79 Å². The molecule has 0 atom stereocenters. The topological polar surface area (TPSA) is 26.3 Å². The fourth-order valence-electron chi connectivity index (χ4n) is 2.12. The quantitative estimate of drug-likeness (QED) is 0.179. The number of rotatable bonds is 14. The minimum absolute atomic E-state index is 0. The number of allylic oxidation sites excluding steroid dienone is 6. The molecule has 0 heterocycles. The minimum atomic E-state index is -0.0522. The summed E-state index contributed by atoms with van der Waals surface area (Å²) in [4.78, 5) is 11.1. The largest absolute Gasteiger partial charge is 0.466 e. The average molecular weight is 355 g/mol. The molecule has 0 aliphatic rings. The van der Waals surface area contributed by atoms with Gasteiger partial charge in [-0.25, -0.2) is 0 Å². The number of hydrogen-bond acceptors (Lipinski definition) is 2. The molecular formula is C23H46O2. The summed E-state index contributed by atoms with van der Waals surface area (Å²) in [5.41, 5.74) is 0. The second-order valence-corrected chi connectivity index (χ2v) is 5.41. The van der Waals surface area contributed by atoms with Crippen LogP contribution in [0.15, 0.2) is 36.5 Å². The molecule has 0 fully saturated rings. The summed E-state index contributed by atoms with van der Waals surface area (Å²) < 4.78 is 4.90. The Kier molecular flexibility index (Phi) is 34.6. The van der Waals surface area contributed by atoms with E-state index in [9.17, 15) is 4.79 Å². The highest BCUT2D eigenvalue weighted by Gasteiger charge is 2.00. The Morgan fingerprint density at radius 2 is 1.24 bits per heavy atom. The predicted molar refractivity (Wildman–Crippen MR) is 116 cm³/mol. The molecule has 0 spiro atoms. The Morgan fingerprint density at radius 1 is 0.720 bits per heavy atom. The summed E-state index contributed by atoms with van der Waals surface area (Å²) in [7, 11) is 0. The van der Waals surface area contributed by atoms with Crippen molar-refractivity contribution in [3.63, 3.8) is 0 Å². The van der Waals surface area contributed by atoms with Gasteiger partial charge in [0.2, 0.25) is 0 Å². The zero-order chi connectivity index (χ0) is 16.3. The van der Waals surface area contributed by atoms with Gasteiger partial charge in [-0.05, 0) is 45.4 Å². The van der Waals surface area contributed by atoms with Crippen molar-refractivity contribution in [2.24, 2.45) is 0 Å². The molecule has 25 heavy (non-hydrogen) atoms. The van der Waals surface area contributed by atoms with Crippen LogP contribution in [0.1, 0.15) is 100 Å². The molecule has 0 aliphatic heterocycles. The first-order valence-corrected chi connectivity index (χ1v) is 8.91. The molecule has 0 aromatic heterocycles. The summed E-state index contributed by atoms with van der Waals surface area (Å²) in [6, 6.07) is 0. The van der Waals surface area contributed by atoms with Crippen molar-refractivity contribution in [1.82, 2.24) is 0 Å². The SMILES string of the molecule is C.C.C.CC/C=C\C/C=C\C/C=C/CCCCCCCC(=O)OCC. The average Bonchev–Trinajstić information content (AvgIpc) is 2.51. The van der Waals surface area contributed by atoms with Gasteiger partial charge in [-0.15, -0.1) is 0 Å². The first-order chi connectivity index (χ1) is 10.8. The minimum Gasteiger partial charge on any atom is -0.466 e. The van der Waals surface area contributed by atoms with Gasteiger partial charge in [0, 0.05) is 6.42 Å². The van der Waals surface area contributed by atoms with E-state index in [4.69, 9.17) is 4.74 Å². The fraction of sp³-hybridized carbons (Fsp3) is 0.696. The van der Waals surface area contributed by atoms with Crippen molar-refractivity contribution in [1.29, 1.82) is 0 Å². The van der Waals surface area contributed by atoms with Crippen molar-refractivity contribution in [2.45, 2.75) is 100 Å².